The molecule has 0 saturated carbocycles. The van der Waals surface area contributed by atoms with Crippen LogP contribution in [0.25, 0.3) is 0 Å². The van der Waals surface area contributed by atoms with Crippen LogP contribution in [-0.2, 0) is 14.8 Å². The molecule has 0 bridgehead atoms. The third kappa shape index (κ3) is 3.29. The first-order chi connectivity index (χ1) is 9.86. The van der Waals surface area contributed by atoms with E-state index in [-0.39, 0.29) is 29.7 Å². The third-order valence-electron chi connectivity index (χ3n) is 3.79. The summed E-state index contributed by atoms with van der Waals surface area (Å²) in [4.78, 5) is 11.4. The van der Waals surface area contributed by atoms with Crippen molar-refractivity contribution in [1.29, 1.82) is 0 Å². The normalized spacial score (nSPS) is 17.9. The van der Waals surface area contributed by atoms with Gasteiger partial charge in [-0.05, 0) is 31.0 Å². The van der Waals surface area contributed by atoms with Crippen LogP contribution in [0, 0.1) is 17.6 Å². The van der Waals surface area contributed by atoms with E-state index in [2.05, 4.69) is 0 Å². The molecule has 116 valence electrons. The number of halogens is 2. The second-order valence-electron chi connectivity index (χ2n) is 5.07. The van der Waals surface area contributed by atoms with Crippen molar-refractivity contribution in [3.8, 4) is 0 Å². The lowest BCUT2D eigenvalue weighted by Gasteiger charge is -2.30. The Balaban J connectivity index is 2.14. The quantitative estimate of drug-likeness (QED) is 0.856. The Kier molecular flexibility index (Phi) is 4.73. The molecule has 1 heterocycles. The van der Waals surface area contributed by atoms with Gasteiger partial charge in [0.1, 0.15) is 5.78 Å². The molecule has 0 aromatic heterocycles. The van der Waals surface area contributed by atoms with Gasteiger partial charge in [-0.1, -0.05) is 6.92 Å². The number of carbonyl (C=O) groups excluding carboxylic acids is 1. The number of hydrogen-bond donors (Lipinski definition) is 0. The molecule has 0 spiro atoms. The minimum atomic E-state index is -3.84. The van der Waals surface area contributed by atoms with Gasteiger partial charge < -0.3 is 0 Å². The van der Waals surface area contributed by atoms with Crippen LogP contribution in [0.2, 0.25) is 0 Å². The maximum absolute atomic E-state index is 13.2. The zero-order valence-corrected chi connectivity index (χ0v) is 12.5. The summed E-state index contributed by atoms with van der Waals surface area (Å²) in [5.74, 6) is -2.24. The van der Waals surface area contributed by atoms with E-state index in [9.17, 15) is 22.0 Å². The number of ketones is 1. The number of hydrogen-bond acceptors (Lipinski definition) is 3. The average Bonchev–Trinajstić information content (AvgIpc) is 2.49. The fraction of sp³-hybridized carbons (Fsp3) is 0.500. The van der Waals surface area contributed by atoms with E-state index in [1.165, 1.54) is 4.31 Å². The summed E-state index contributed by atoms with van der Waals surface area (Å²) in [6.07, 6.45) is 1.38. The minimum Gasteiger partial charge on any atom is -0.299 e. The largest absolute Gasteiger partial charge is 0.299 e. The summed E-state index contributed by atoms with van der Waals surface area (Å²) < 4.78 is 52.0. The van der Waals surface area contributed by atoms with Gasteiger partial charge in [0.2, 0.25) is 10.0 Å². The van der Waals surface area contributed by atoms with Crippen LogP contribution < -0.4 is 0 Å². The zero-order valence-electron chi connectivity index (χ0n) is 11.7. The summed E-state index contributed by atoms with van der Waals surface area (Å²) >= 11 is 0. The smallest absolute Gasteiger partial charge is 0.243 e. The molecule has 4 nitrogen and oxygen atoms in total. The molecule has 0 unspecified atom stereocenters. The van der Waals surface area contributed by atoms with Crippen molar-refractivity contribution in [3.63, 3.8) is 0 Å². The second kappa shape index (κ2) is 6.19. The van der Waals surface area contributed by atoms with Gasteiger partial charge in [0.05, 0.1) is 4.90 Å². The van der Waals surface area contributed by atoms with Gasteiger partial charge >= 0.3 is 0 Å². The molecule has 0 aliphatic carbocycles. The van der Waals surface area contributed by atoms with Gasteiger partial charge in [-0.3, -0.25) is 4.79 Å². The molecule has 1 aliphatic rings. The Labute approximate surface area is 122 Å². The van der Waals surface area contributed by atoms with Gasteiger partial charge in [-0.15, -0.1) is 0 Å². The van der Waals surface area contributed by atoms with Gasteiger partial charge in [0.15, 0.2) is 11.6 Å². The monoisotopic (exact) mass is 317 g/mol. The van der Waals surface area contributed by atoms with E-state index in [1.54, 1.807) is 6.92 Å². The molecule has 0 radical (unpaired) electrons. The maximum atomic E-state index is 13.2. The second-order valence-corrected chi connectivity index (χ2v) is 7.01. The Hall–Kier alpha value is -1.34. The van der Waals surface area contributed by atoms with Gasteiger partial charge in [-0.25, -0.2) is 17.2 Å². The topological polar surface area (TPSA) is 54.5 Å². The SMILES string of the molecule is CCC(=O)C1CCN(S(=O)(=O)c2ccc(F)c(F)c2)CC1. The van der Waals surface area contributed by atoms with Crippen molar-refractivity contribution < 1.29 is 22.0 Å². The molecule has 1 aromatic rings. The van der Waals surface area contributed by atoms with Crippen LogP contribution in [0.1, 0.15) is 26.2 Å². The van der Waals surface area contributed by atoms with E-state index in [1.807, 2.05) is 0 Å². The van der Waals surface area contributed by atoms with Crippen molar-refractivity contribution in [2.24, 2.45) is 5.92 Å². The average molecular weight is 317 g/mol. The highest BCUT2D eigenvalue weighted by Gasteiger charge is 2.31. The van der Waals surface area contributed by atoms with Crippen LogP contribution in [0.15, 0.2) is 23.1 Å². The molecule has 1 aromatic carbocycles. The Bertz CT molecular complexity index is 638. The molecular formula is C14H17F2NO3S. The Morgan fingerprint density at radius 3 is 2.38 bits per heavy atom. The van der Waals surface area contributed by atoms with Crippen LogP contribution in [0.3, 0.4) is 0 Å². The predicted molar refractivity (Wildman–Crippen MR) is 73.1 cm³/mol. The van der Waals surface area contributed by atoms with Gasteiger partial charge in [0, 0.05) is 25.4 Å². The molecule has 7 heteroatoms. The number of benzene rings is 1. The molecular weight excluding hydrogens is 300 g/mol. The van der Waals surface area contributed by atoms with Crippen LogP contribution in [0.4, 0.5) is 8.78 Å². The highest BCUT2D eigenvalue weighted by molar-refractivity contribution is 7.89. The van der Waals surface area contributed by atoms with Crippen molar-refractivity contribution in [2.75, 3.05) is 13.1 Å². The first-order valence-electron chi connectivity index (χ1n) is 6.84. The van der Waals surface area contributed by atoms with Crippen molar-refractivity contribution in [2.45, 2.75) is 31.1 Å². The lowest BCUT2D eigenvalue weighted by atomic mass is 9.92. The minimum absolute atomic E-state index is 0.105. The van der Waals surface area contributed by atoms with E-state index in [0.29, 0.717) is 25.3 Å². The van der Waals surface area contributed by atoms with E-state index in [0.717, 1.165) is 12.1 Å². The van der Waals surface area contributed by atoms with E-state index >= 15 is 0 Å². The number of sulfonamides is 1. The molecule has 2 rings (SSSR count). The first-order valence-corrected chi connectivity index (χ1v) is 8.28. The van der Waals surface area contributed by atoms with Crippen molar-refractivity contribution in [3.05, 3.63) is 29.8 Å². The van der Waals surface area contributed by atoms with E-state index < -0.39 is 21.7 Å². The summed E-state index contributed by atoms with van der Waals surface area (Å²) in [6.45, 7) is 2.22. The fourth-order valence-electron chi connectivity index (χ4n) is 2.49. The molecule has 1 fully saturated rings. The number of rotatable bonds is 4. The number of Topliss-reactive ketones (excluding diaryl/α,β-unsaturated/α-hetero) is 1. The van der Waals surface area contributed by atoms with Gasteiger partial charge in [-0.2, -0.15) is 4.31 Å². The first kappa shape index (κ1) is 16.0. The highest BCUT2D eigenvalue weighted by atomic mass is 32.2. The molecule has 1 aliphatic heterocycles. The summed E-state index contributed by atoms with van der Waals surface area (Å²) in [5.41, 5.74) is 0. The highest BCUT2D eigenvalue weighted by Crippen LogP contribution is 2.25. The van der Waals surface area contributed by atoms with Crippen molar-refractivity contribution >= 4 is 15.8 Å². The fourth-order valence-corrected chi connectivity index (χ4v) is 3.98. The standard InChI is InChI=1S/C14H17F2NO3S/c1-2-14(18)10-5-7-17(8-6-10)21(19,20)11-3-4-12(15)13(16)9-11/h3-4,9-10H,2,5-8H2,1H3. The Morgan fingerprint density at radius 2 is 1.86 bits per heavy atom. The molecule has 0 amide bonds. The number of nitrogens with zero attached hydrogens (tertiary/aromatic N) is 1. The Morgan fingerprint density at radius 1 is 1.24 bits per heavy atom. The van der Waals surface area contributed by atoms with Crippen LogP contribution in [-0.4, -0.2) is 31.6 Å². The molecule has 1 saturated heterocycles. The molecule has 21 heavy (non-hydrogen) atoms. The van der Waals surface area contributed by atoms with Crippen LogP contribution >= 0.6 is 0 Å². The maximum Gasteiger partial charge on any atom is 0.243 e. The number of piperidine rings is 1. The number of carbonyl (C=O) groups is 1. The summed E-state index contributed by atoms with van der Waals surface area (Å²) in [5, 5.41) is 0. The molecule has 0 atom stereocenters. The van der Waals surface area contributed by atoms with Crippen molar-refractivity contribution in [1.82, 2.24) is 4.31 Å². The summed E-state index contributed by atoms with van der Waals surface area (Å²) in [7, 11) is -3.84. The lowest BCUT2D eigenvalue weighted by molar-refractivity contribution is -0.123. The van der Waals surface area contributed by atoms with Crippen LogP contribution in [0.5, 0.6) is 0 Å². The zero-order chi connectivity index (χ0) is 15.6. The summed E-state index contributed by atoms with van der Waals surface area (Å²) in [6, 6.07) is 2.54. The van der Waals surface area contributed by atoms with E-state index in [4.69, 9.17) is 0 Å². The predicted octanol–water partition coefficient (Wildman–Crippen LogP) is 2.34. The lowest BCUT2D eigenvalue weighted by Crippen LogP contribution is -2.40. The third-order valence-corrected chi connectivity index (χ3v) is 5.68. The molecule has 0 N–H and O–H groups in total. The van der Waals surface area contributed by atoms with Gasteiger partial charge in [0.25, 0.3) is 0 Å².